The van der Waals surface area contributed by atoms with Gasteiger partial charge in [-0.3, -0.25) is 9.98 Å². The van der Waals surface area contributed by atoms with Crippen LogP contribution in [0.4, 0.5) is 0 Å². The number of halogens is 4. The number of alkyl halides is 2. The first-order valence-electron chi connectivity index (χ1n) is 11.3. The van der Waals surface area contributed by atoms with Crippen LogP contribution in [0, 0.1) is 0 Å². The van der Waals surface area contributed by atoms with Gasteiger partial charge >= 0.3 is 33.3 Å². The van der Waals surface area contributed by atoms with Gasteiger partial charge in [0.05, 0.1) is 44.6 Å². The van der Waals surface area contributed by atoms with Crippen molar-refractivity contribution in [3.05, 3.63) is 76.2 Å². The van der Waals surface area contributed by atoms with Crippen molar-refractivity contribution in [2.75, 3.05) is 0 Å². The number of hydrogen-bond donors (Lipinski definition) is 0. The summed E-state index contributed by atoms with van der Waals surface area (Å²) in [5.41, 5.74) is 7.99. The number of nitrogens with zero attached hydrogens (tertiary/aromatic N) is 3. The average Bonchev–Trinajstić information content (AvgIpc) is 2.72. The summed E-state index contributed by atoms with van der Waals surface area (Å²) in [5.74, 6) is 0. The van der Waals surface area contributed by atoms with Crippen molar-refractivity contribution in [2.24, 2.45) is 9.98 Å². The van der Waals surface area contributed by atoms with E-state index < -0.39 is 9.75 Å². The Morgan fingerprint density at radius 2 is 1.14 bits per heavy atom. The quantitative estimate of drug-likeness (QED) is 0.195. The Hall–Kier alpha value is -0.871. The van der Waals surface area contributed by atoms with Gasteiger partial charge in [-0.05, 0) is 78.7 Å². The second kappa shape index (κ2) is 12.6. The molecule has 4 atom stereocenters. The van der Waals surface area contributed by atoms with Gasteiger partial charge in [-0.2, -0.15) is 0 Å². The van der Waals surface area contributed by atoms with Gasteiger partial charge in [-0.25, -0.2) is 4.98 Å². The molecule has 1 aromatic heterocycles. The molecular formula is C27H33Cl4FeN3. The zero-order chi connectivity index (χ0) is 26.6. The van der Waals surface area contributed by atoms with Crippen LogP contribution >= 0.6 is 43.4 Å². The molecule has 0 aromatic carbocycles. The molecule has 1 heterocycles. The normalized spacial score (nSPS) is 29.5. The van der Waals surface area contributed by atoms with Crippen LogP contribution in [0.3, 0.4) is 0 Å². The summed E-state index contributed by atoms with van der Waals surface area (Å²) in [6, 6.07) is 5.70. The van der Waals surface area contributed by atoms with Gasteiger partial charge in [0, 0.05) is 0 Å². The Kier molecular flexibility index (Phi) is 10.9. The van der Waals surface area contributed by atoms with E-state index in [1.165, 1.54) is 11.1 Å². The molecule has 1 aromatic rings. The standard InChI is InChI=1S/C27H33Cl2N3.2ClH.Fe/c1-16-12-18(3)24(26(7,28)14-16)30-20(5)22-10-9-11-23(32-22)21(6)31-25-19(4)13-17(2)15-27(25,8)29;;;/h9-15,24-25H,1-8H3;2*1H;/q;;;+2/p-2. The Morgan fingerprint density at radius 1 is 0.800 bits per heavy atom. The van der Waals surface area contributed by atoms with E-state index >= 15 is 0 Å². The van der Waals surface area contributed by atoms with Crippen molar-refractivity contribution in [1.82, 2.24) is 4.98 Å². The van der Waals surface area contributed by atoms with Crippen molar-refractivity contribution in [1.29, 1.82) is 0 Å². The summed E-state index contributed by atoms with van der Waals surface area (Å²) in [5, 5.41) is 0. The van der Waals surface area contributed by atoms with E-state index in [1.807, 2.05) is 45.9 Å². The molecule has 0 fully saturated rings. The number of aliphatic imine (C=N–C) groups is 2. The van der Waals surface area contributed by atoms with Gasteiger partial charge < -0.3 is 0 Å². The molecule has 0 aliphatic heterocycles. The van der Waals surface area contributed by atoms with Crippen molar-refractivity contribution >= 4 is 54.8 Å². The molecule has 0 bridgehead atoms. The molecule has 0 amide bonds. The number of pyridine rings is 1. The van der Waals surface area contributed by atoms with Crippen molar-refractivity contribution in [3.8, 4) is 0 Å². The van der Waals surface area contributed by atoms with Gasteiger partial charge in [0.2, 0.25) is 0 Å². The van der Waals surface area contributed by atoms with E-state index in [2.05, 4.69) is 52.0 Å². The van der Waals surface area contributed by atoms with Gasteiger partial charge in [-0.1, -0.05) is 41.5 Å². The summed E-state index contributed by atoms with van der Waals surface area (Å²) in [7, 11) is 9.53. The topological polar surface area (TPSA) is 37.6 Å². The first-order valence-corrected chi connectivity index (χ1v) is 15.1. The molecule has 0 saturated heterocycles. The molecule has 2 aliphatic carbocycles. The Labute approximate surface area is 235 Å². The van der Waals surface area contributed by atoms with Gasteiger partial charge in [0.15, 0.2) is 0 Å². The Morgan fingerprint density at radius 3 is 1.46 bits per heavy atom. The monoisotopic (exact) mass is 595 g/mol. The van der Waals surface area contributed by atoms with Crippen LogP contribution in [-0.4, -0.2) is 38.2 Å². The molecule has 2 aliphatic rings. The third kappa shape index (κ3) is 8.06. The third-order valence-electron chi connectivity index (χ3n) is 6.00. The second-order valence-corrected chi connectivity index (χ2v) is 13.0. The average molecular weight is 597 g/mol. The van der Waals surface area contributed by atoms with Crippen LogP contribution in [0.15, 0.2) is 74.8 Å². The minimum atomic E-state index is -0.555. The molecule has 3 nitrogen and oxygen atoms in total. The summed E-state index contributed by atoms with van der Waals surface area (Å²) in [6.45, 7) is 16.3. The van der Waals surface area contributed by atoms with Crippen molar-refractivity contribution in [2.45, 2.75) is 77.2 Å². The maximum atomic E-state index is 6.81. The molecule has 0 spiro atoms. The summed E-state index contributed by atoms with van der Waals surface area (Å²) in [6.07, 6.45) is 8.43. The van der Waals surface area contributed by atoms with Crippen molar-refractivity contribution in [3.63, 3.8) is 0 Å². The molecule has 192 valence electrons. The summed E-state index contributed by atoms with van der Waals surface area (Å²) < 4.78 is 0. The van der Waals surface area contributed by atoms with E-state index in [0.717, 1.165) is 34.0 Å². The summed E-state index contributed by atoms with van der Waals surface area (Å²) in [4.78, 5) is 13.7. The number of allylic oxidation sites excluding steroid dienone is 4. The first kappa shape index (κ1) is 30.4. The predicted octanol–water partition coefficient (Wildman–Crippen LogP) is 8.62. The third-order valence-corrected chi connectivity index (χ3v) is 6.63. The molecule has 0 radical (unpaired) electrons. The van der Waals surface area contributed by atoms with Crippen LogP contribution in [0.2, 0.25) is 0 Å². The molecular weight excluding hydrogens is 564 g/mol. The van der Waals surface area contributed by atoms with Crippen LogP contribution < -0.4 is 0 Å². The zero-order valence-electron chi connectivity index (χ0n) is 21.4. The van der Waals surface area contributed by atoms with Gasteiger partial charge in [0.25, 0.3) is 0 Å². The summed E-state index contributed by atoms with van der Waals surface area (Å²) >= 11 is 13.8. The fourth-order valence-corrected chi connectivity index (χ4v) is 5.50. The SMILES string of the molecule is CC1=CC(C)(Cl)C(N=C(C)c2cccc(C(C)=NC3C(C)=CC(C)=CC3(C)Cl)n2)C(C)=C1.[Cl][Fe][Cl]. The fourth-order valence-electron chi connectivity index (χ4n) is 4.71. The number of aromatic nitrogens is 1. The predicted molar refractivity (Wildman–Crippen MR) is 151 cm³/mol. The van der Waals surface area contributed by atoms with Crippen LogP contribution in [0.25, 0.3) is 0 Å². The zero-order valence-corrected chi connectivity index (χ0v) is 25.5. The van der Waals surface area contributed by atoms with E-state index in [4.69, 9.17) is 58.4 Å². The molecule has 8 heteroatoms. The maximum absolute atomic E-state index is 6.81. The minimum absolute atomic E-state index is 0.130. The molecule has 4 unspecified atom stereocenters. The van der Waals surface area contributed by atoms with Crippen molar-refractivity contribution < 1.29 is 13.1 Å². The Bertz CT molecular complexity index is 1040. The second-order valence-electron chi connectivity index (χ2n) is 9.55. The van der Waals surface area contributed by atoms with Gasteiger partial charge in [0.1, 0.15) is 0 Å². The molecule has 0 saturated carbocycles. The van der Waals surface area contributed by atoms with E-state index in [0.29, 0.717) is 0 Å². The van der Waals surface area contributed by atoms with E-state index in [1.54, 1.807) is 0 Å². The Balaban J connectivity index is 0.00000137. The molecule has 35 heavy (non-hydrogen) atoms. The van der Waals surface area contributed by atoms with E-state index in [-0.39, 0.29) is 25.2 Å². The van der Waals surface area contributed by atoms with Gasteiger partial charge in [-0.15, -0.1) is 23.2 Å². The van der Waals surface area contributed by atoms with Crippen LogP contribution in [0.1, 0.15) is 66.8 Å². The molecule has 0 N–H and O–H groups in total. The number of hydrogen-bond acceptors (Lipinski definition) is 3. The van der Waals surface area contributed by atoms with Crippen LogP contribution in [-0.2, 0) is 13.1 Å². The fraction of sp³-hybridized carbons (Fsp3) is 0.444. The molecule has 3 rings (SSSR count). The first-order chi connectivity index (χ1) is 16.2. The van der Waals surface area contributed by atoms with Crippen LogP contribution in [0.5, 0.6) is 0 Å². The number of rotatable bonds is 4. The van der Waals surface area contributed by atoms with E-state index in [9.17, 15) is 0 Å².